The molecule has 0 aliphatic carbocycles. The zero-order chi connectivity index (χ0) is 47.7. The summed E-state index contributed by atoms with van der Waals surface area (Å²) in [4.78, 5) is 36.0. The quantitative estimate of drug-likeness (QED) is 0.0406. The van der Waals surface area contributed by atoms with Gasteiger partial charge in [0, 0.05) is 27.2 Å². The first-order valence-electron chi connectivity index (χ1n) is 23.0. The topological polar surface area (TPSA) is 196 Å². The van der Waals surface area contributed by atoms with Crippen molar-refractivity contribution < 1.29 is 51.8 Å². The van der Waals surface area contributed by atoms with Gasteiger partial charge in [0.1, 0.15) is 11.2 Å². The summed E-state index contributed by atoms with van der Waals surface area (Å²) < 4.78 is 38.5. The average molecular weight is 904 g/mol. The monoisotopic (exact) mass is 905 g/mol. The zero-order valence-corrected chi connectivity index (χ0v) is 42.0. The van der Waals surface area contributed by atoms with Crippen LogP contribution in [0.4, 0.5) is 9.59 Å². The number of amides is 2. The van der Waals surface area contributed by atoms with E-state index in [2.05, 4.69) is 9.62 Å². The molecule has 0 radical (unpaired) electrons. The predicted molar refractivity (Wildman–Crippen MR) is 254 cm³/mol. The largest absolute Gasteiger partial charge is 0.444 e. The van der Waals surface area contributed by atoms with Crippen LogP contribution in [0.2, 0.25) is 27.3 Å². The zero-order valence-electron chi connectivity index (χ0n) is 41.2. The summed E-state index contributed by atoms with van der Waals surface area (Å²) in [5, 5.41) is 42.8. The molecular formula is C40H88B4N6O11S. The molecule has 0 aliphatic rings. The smallest absolute Gasteiger partial charge is 0.410 e. The van der Waals surface area contributed by atoms with Gasteiger partial charge in [0.2, 0.25) is 0 Å². The van der Waals surface area contributed by atoms with E-state index in [0.717, 1.165) is 57.6 Å². The molecule has 4 N–H and O–H groups in total. The molecule has 0 aromatic heterocycles. The van der Waals surface area contributed by atoms with Gasteiger partial charge in [-0.2, -0.15) is 8.42 Å². The first-order valence-corrected chi connectivity index (χ1v) is 24.8. The van der Waals surface area contributed by atoms with Crippen LogP contribution in [-0.2, 0) is 23.8 Å². The van der Waals surface area contributed by atoms with Crippen LogP contribution < -0.4 is 0 Å². The fourth-order valence-corrected chi connectivity index (χ4v) is 7.40. The van der Waals surface area contributed by atoms with Crippen molar-refractivity contribution in [3.05, 3.63) is 0 Å². The third-order valence-electron chi connectivity index (χ3n) is 10.5. The molecule has 0 spiro atoms. The lowest BCUT2D eigenvalue weighted by Gasteiger charge is -2.33. The predicted octanol–water partition coefficient (Wildman–Crippen LogP) is 4.25. The summed E-state index contributed by atoms with van der Waals surface area (Å²) in [5.41, 5.74) is -1.13. The van der Waals surface area contributed by atoms with Gasteiger partial charge < -0.3 is 58.6 Å². The number of unbranched alkanes of at least 4 members (excludes halogenated alkanes) is 5. The summed E-state index contributed by atoms with van der Waals surface area (Å²) in [6.07, 6.45) is 9.03. The highest BCUT2D eigenvalue weighted by Gasteiger charge is 2.27. The Morgan fingerprint density at radius 2 is 0.839 bits per heavy atom. The molecule has 0 aliphatic heterocycles. The first kappa shape index (κ1) is 60.4. The molecule has 0 rings (SSSR count). The van der Waals surface area contributed by atoms with Crippen molar-refractivity contribution in [3.8, 4) is 0 Å². The Kier molecular flexibility index (Phi) is 30.5. The van der Waals surface area contributed by atoms with Crippen molar-refractivity contribution in [3.63, 3.8) is 0 Å². The van der Waals surface area contributed by atoms with E-state index in [4.69, 9.17) is 13.7 Å². The van der Waals surface area contributed by atoms with Crippen LogP contribution in [0.1, 0.15) is 112 Å². The summed E-state index contributed by atoms with van der Waals surface area (Å²) in [6, 6.07) is 0. The van der Waals surface area contributed by atoms with Crippen LogP contribution in [0, 0.1) is 5.92 Å². The van der Waals surface area contributed by atoms with E-state index in [1.807, 2.05) is 51.2 Å². The van der Waals surface area contributed by atoms with E-state index in [-0.39, 0.29) is 24.7 Å². The molecule has 2 amide bonds. The Balaban J connectivity index is 5.44. The lowest BCUT2D eigenvalue weighted by molar-refractivity contribution is 0.0284. The standard InChI is InChI=1S/C40H88B4N6O11S/c1-39(2,3)60-37(51)45(11)25-22-31-47(41(7)53)27-17-19-29-49(43(9)55)34-36(24-16-14-15-21-33-59-62(13,57)58)35-50(44(10)56)30-20-18-28-48(42(8)54)32-23-26-46(12)38(52)61-40(4,5)6/h36,53-56H,14-35H2,1-13H3. The number of hydrogen-bond acceptors (Lipinski definition) is 15. The average Bonchev–Trinajstić information content (AvgIpc) is 3.12. The molecule has 62 heavy (non-hydrogen) atoms. The van der Waals surface area contributed by atoms with Gasteiger partial charge in [-0.05, 0) is 178 Å². The number of ether oxygens (including phenoxy) is 2. The number of carbonyl (C=O) groups excluding carboxylic acids is 2. The maximum Gasteiger partial charge on any atom is 0.410 e. The van der Waals surface area contributed by atoms with Crippen LogP contribution in [0.15, 0.2) is 0 Å². The molecule has 17 nitrogen and oxygen atoms in total. The SMILES string of the molecule is CB(O)N(CCCCN(CC(CCCCCCOS(C)(=O)=O)CN(CCCCN(CCCN(C)C(=O)OC(C)(C)C)B(C)O)B(C)O)B(C)O)CCCN(C)C(=O)OC(C)(C)C. The molecule has 0 fully saturated rings. The maximum atomic E-state index is 12.4. The van der Waals surface area contributed by atoms with E-state index < -0.39 is 49.5 Å². The number of nitrogens with zero attached hydrogens (tertiary/aromatic N) is 6. The van der Waals surface area contributed by atoms with E-state index in [9.17, 15) is 38.1 Å². The van der Waals surface area contributed by atoms with E-state index >= 15 is 0 Å². The van der Waals surface area contributed by atoms with Gasteiger partial charge in [-0.25, -0.2) is 9.59 Å². The molecule has 0 aromatic carbocycles. The summed E-state index contributed by atoms with van der Waals surface area (Å²) >= 11 is 0. The lowest BCUT2D eigenvalue weighted by atomic mass is 9.80. The van der Waals surface area contributed by atoms with Gasteiger partial charge in [0.25, 0.3) is 10.1 Å². The highest BCUT2D eigenvalue weighted by Crippen LogP contribution is 2.18. The third kappa shape index (κ3) is 32.1. The Labute approximate surface area is 379 Å². The van der Waals surface area contributed by atoms with E-state index in [1.165, 1.54) is 0 Å². The van der Waals surface area contributed by atoms with Crippen molar-refractivity contribution in [1.82, 2.24) is 29.0 Å². The van der Waals surface area contributed by atoms with Crippen molar-refractivity contribution in [2.45, 2.75) is 151 Å². The van der Waals surface area contributed by atoms with Crippen molar-refractivity contribution in [1.29, 1.82) is 0 Å². The third-order valence-corrected chi connectivity index (χ3v) is 11.1. The summed E-state index contributed by atoms with van der Waals surface area (Å²) in [6.45, 7) is 24.4. The highest BCUT2D eigenvalue weighted by molar-refractivity contribution is 7.85. The van der Waals surface area contributed by atoms with Gasteiger partial charge in [-0.1, -0.05) is 19.3 Å². The van der Waals surface area contributed by atoms with Crippen LogP contribution in [0.3, 0.4) is 0 Å². The molecule has 0 saturated carbocycles. The molecule has 0 heterocycles. The van der Waals surface area contributed by atoms with Crippen LogP contribution in [0.5, 0.6) is 0 Å². The van der Waals surface area contributed by atoms with Gasteiger partial charge >= 0.3 is 40.4 Å². The lowest BCUT2D eigenvalue weighted by Crippen LogP contribution is -2.47. The van der Waals surface area contributed by atoms with Gasteiger partial charge in [0.05, 0.1) is 12.9 Å². The van der Waals surface area contributed by atoms with E-state index in [0.29, 0.717) is 84.7 Å². The van der Waals surface area contributed by atoms with Crippen LogP contribution >= 0.6 is 0 Å². The van der Waals surface area contributed by atoms with Crippen LogP contribution in [-0.4, -0.2) is 202 Å². The fraction of sp³-hybridized carbons (Fsp3) is 0.950. The molecule has 0 saturated heterocycles. The second kappa shape index (κ2) is 31.3. The Hall–Kier alpha value is -1.61. The highest BCUT2D eigenvalue weighted by atomic mass is 32.2. The Bertz CT molecular complexity index is 1240. The molecule has 22 heteroatoms. The second-order valence-corrected chi connectivity index (χ2v) is 20.8. The molecule has 362 valence electrons. The molecule has 0 unspecified atom stereocenters. The molecule has 0 bridgehead atoms. The van der Waals surface area contributed by atoms with Crippen LogP contribution in [0.25, 0.3) is 0 Å². The first-order chi connectivity index (χ1) is 28.6. The van der Waals surface area contributed by atoms with E-state index in [1.54, 1.807) is 51.2 Å². The maximum absolute atomic E-state index is 12.4. The normalized spacial score (nSPS) is 12.5. The van der Waals surface area contributed by atoms with Gasteiger partial charge in [-0.15, -0.1) is 0 Å². The van der Waals surface area contributed by atoms with Crippen molar-refractivity contribution >= 4 is 50.5 Å². The minimum Gasteiger partial charge on any atom is -0.444 e. The molecule has 0 aromatic rings. The summed E-state index contributed by atoms with van der Waals surface area (Å²) in [7, 11) is -2.69. The molecular weight excluding hydrogens is 816 g/mol. The Morgan fingerprint density at radius 3 is 1.16 bits per heavy atom. The number of carbonyl (C=O) groups is 2. The number of rotatable bonds is 34. The Morgan fingerprint density at radius 1 is 0.516 bits per heavy atom. The second-order valence-electron chi connectivity index (χ2n) is 19.1. The summed E-state index contributed by atoms with van der Waals surface area (Å²) in [5.74, 6) is 0.137. The van der Waals surface area contributed by atoms with Crippen molar-refractivity contribution in [2.75, 3.05) is 92.4 Å². The number of hydrogen-bond donors (Lipinski definition) is 4. The fourth-order valence-electron chi connectivity index (χ4n) is 6.98. The van der Waals surface area contributed by atoms with Gasteiger partial charge in [0.15, 0.2) is 0 Å². The minimum absolute atomic E-state index is 0.137. The van der Waals surface area contributed by atoms with Crippen molar-refractivity contribution in [2.24, 2.45) is 5.92 Å². The molecule has 0 atom stereocenters. The van der Waals surface area contributed by atoms with Gasteiger partial charge in [-0.3, -0.25) is 4.18 Å². The minimum atomic E-state index is -3.47.